The van der Waals surface area contributed by atoms with Crippen LogP contribution in [0.4, 0.5) is 4.79 Å². The Balaban J connectivity index is 1.77. The highest BCUT2D eigenvalue weighted by molar-refractivity contribution is 5.95. The molecule has 24 heavy (non-hydrogen) atoms. The number of imide groups is 1. The van der Waals surface area contributed by atoms with Crippen molar-refractivity contribution in [3.05, 3.63) is 47.5 Å². The molecule has 2 unspecified atom stereocenters. The van der Waals surface area contributed by atoms with Gasteiger partial charge in [-0.3, -0.25) is 4.79 Å². The molecule has 2 amide bonds. The number of hydrogen-bond donors (Lipinski definition) is 1. The number of nitrogens with zero attached hydrogens (tertiary/aromatic N) is 1. The van der Waals surface area contributed by atoms with Crippen LogP contribution in [0.3, 0.4) is 0 Å². The number of allylic oxidation sites excluding steroid dienone is 1. The van der Waals surface area contributed by atoms with E-state index in [4.69, 9.17) is 4.74 Å². The topological polar surface area (TPSA) is 58.6 Å². The highest BCUT2D eigenvalue weighted by Crippen LogP contribution is 2.29. The molecule has 1 N–H and O–H groups in total. The fourth-order valence-electron chi connectivity index (χ4n) is 3.58. The summed E-state index contributed by atoms with van der Waals surface area (Å²) in [6.45, 7) is 5.68. The van der Waals surface area contributed by atoms with Crippen molar-refractivity contribution in [2.45, 2.75) is 26.3 Å². The van der Waals surface area contributed by atoms with Gasteiger partial charge in [0.05, 0.1) is 12.0 Å². The molecule has 2 saturated heterocycles. The van der Waals surface area contributed by atoms with Crippen LogP contribution in [0, 0.1) is 11.8 Å². The van der Waals surface area contributed by atoms with Crippen LogP contribution in [-0.2, 0) is 16.0 Å². The first-order chi connectivity index (χ1) is 11.6. The Kier molecular flexibility index (Phi) is 5.00. The summed E-state index contributed by atoms with van der Waals surface area (Å²) in [4.78, 5) is 26.6. The standard InChI is InChI=1S/C19H24N2O3/c1-3-13(2)16-10-20-11-17(16)18(22)21-15(12-24-19(21)23)9-14-7-5-4-6-8-14/h3-8,15-17,20H,9-12H2,1-2H3/b13-3+/t15-,16?,17?/m0/s1. The van der Waals surface area contributed by atoms with Gasteiger partial charge in [-0.2, -0.15) is 0 Å². The van der Waals surface area contributed by atoms with E-state index in [1.165, 1.54) is 10.5 Å². The van der Waals surface area contributed by atoms with Crippen molar-refractivity contribution in [2.24, 2.45) is 11.8 Å². The molecule has 2 aliphatic rings. The molecule has 2 aliphatic heterocycles. The molecule has 5 nitrogen and oxygen atoms in total. The summed E-state index contributed by atoms with van der Waals surface area (Å²) in [5, 5.41) is 3.28. The van der Waals surface area contributed by atoms with E-state index in [-0.39, 0.29) is 30.4 Å². The maximum atomic E-state index is 13.0. The molecule has 0 aliphatic carbocycles. The minimum atomic E-state index is -0.510. The summed E-state index contributed by atoms with van der Waals surface area (Å²) in [5.74, 6) is -0.173. The number of carbonyl (C=O) groups is 2. The monoisotopic (exact) mass is 328 g/mol. The van der Waals surface area contributed by atoms with Crippen molar-refractivity contribution in [3.8, 4) is 0 Å². The van der Waals surface area contributed by atoms with Crippen molar-refractivity contribution in [3.63, 3.8) is 0 Å². The van der Waals surface area contributed by atoms with Gasteiger partial charge in [-0.15, -0.1) is 0 Å². The molecule has 0 spiro atoms. The maximum absolute atomic E-state index is 13.0. The quantitative estimate of drug-likeness (QED) is 0.862. The van der Waals surface area contributed by atoms with Crippen LogP contribution in [0.25, 0.3) is 0 Å². The second-order valence-electron chi connectivity index (χ2n) is 6.53. The van der Waals surface area contributed by atoms with Crippen LogP contribution in [-0.4, -0.2) is 42.6 Å². The van der Waals surface area contributed by atoms with Crippen LogP contribution < -0.4 is 5.32 Å². The van der Waals surface area contributed by atoms with Crippen molar-refractivity contribution in [1.82, 2.24) is 10.2 Å². The van der Waals surface area contributed by atoms with E-state index in [0.717, 1.165) is 12.1 Å². The summed E-state index contributed by atoms with van der Waals surface area (Å²) in [6.07, 6.45) is 2.16. The molecule has 1 aromatic rings. The third-order valence-electron chi connectivity index (χ3n) is 5.08. The molecule has 2 fully saturated rings. The Labute approximate surface area is 142 Å². The smallest absolute Gasteiger partial charge is 0.416 e. The van der Waals surface area contributed by atoms with E-state index in [2.05, 4.69) is 5.32 Å². The lowest BCUT2D eigenvalue weighted by Crippen LogP contribution is -2.45. The number of amides is 2. The third kappa shape index (κ3) is 3.22. The number of ether oxygens (including phenoxy) is 1. The largest absolute Gasteiger partial charge is 0.447 e. The predicted octanol–water partition coefficient (Wildman–Crippen LogP) is 2.38. The average molecular weight is 328 g/mol. The number of nitrogens with one attached hydrogen (secondary N) is 1. The molecule has 128 valence electrons. The lowest BCUT2D eigenvalue weighted by atomic mass is 9.88. The van der Waals surface area contributed by atoms with E-state index in [1.54, 1.807) is 0 Å². The van der Waals surface area contributed by atoms with Gasteiger partial charge in [0.25, 0.3) is 0 Å². The maximum Gasteiger partial charge on any atom is 0.416 e. The molecule has 0 aromatic heterocycles. The Morgan fingerprint density at radius 1 is 1.29 bits per heavy atom. The lowest BCUT2D eigenvalue weighted by Gasteiger charge is -2.26. The Morgan fingerprint density at radius 2 is 2.00 bits per heavy atom. The van der Waals surface area contributed by atoms with Gasteiger partial charge in [-0.1, -0.05) is 42.0 Å². The first-order valence-electron chi connectivity index (χ1n) is 8.49. The molecule has 0 saturated carbocycles. The van der Waals surface area contributed by atoms with Gasteiger partial charge >= 0.3 is 6.09 Å². The highest BCUT2D eigenvalue weighted by Gasteiger charge is 2.44. The van der Waals surface area contributed by atoms with Gasteiger partial charge in [0.1, 0.15) is 6.61 Å². The zero-order chi connectivity index (χ0) is 17.1. The second-order valence-corrected chi connectivity index (χ2v) is 6.53. The summed E-state index contributed by atoms with van der Waals surface area (Å²) in [5.41, 5.74) is 2.29. The molecule has 2 heterocycles. The van der Waals surface area contributed by atoms with Crippen molar-refractivity contribution in [1.29, 1.82) is 0 Å². The molecule has 5 heteroatoms. The zero-order valence-electron chi connectivity index (χ0n) is 14.2. The zero-order valence-corrected chi connectivity index (χ0v) is 14.2. The normalized spacial score (nSPS) is 27.4. The minimum absolute atomic E-state index is 0.116. The van der Waals surface area contributed by atoms with Crippen LogP contribution in [0.5, 0.6) is 0 Å². The van der Waals surface area contributed by atoms with Gasteiger partial charge in [0.15, 0.2) is 0 Å². The first-order valence-corrected chi connectivity index (χ1v) is 8.49. The van der Waals surface area contributed by atoms with Crippen LogP contribution in [0.15, 0.2) is 42.0 Å². The van der Waals surface area contributed by atoms with E-state index >= 15 is 0 Å². The highest BCUT2D eigenvalue weighted by atomic mass is 16.6. The molecule has 0 radical (unpaired) electrons. The average Bonchev–Trinajstić information content (AvgIpc) is 3.22. The van der Waals surface area contributed by atoms with Gasteiger partial charge < -0.3 is 10.1 Å². The molecule has 0 bridgehead atoms. The van der Waals surface area contributed by atoms with Gasteiger partial charge in [0, 0.05) is 19.0 Å². The number of benzene rings is 1. The fourth-order valence-corrected chi connectivity index (χ4v) is 3.58. The number of carbonyl (C=O) groups excluding carboxylic acids is 2. The number of cyclic esters (lactones) is 1. The molecular formula is C19H24N2O3. The number of rotatable bonds is 4. The predicted molar refractivity (Wildman–Crippen MR) is 91.4 cm³/mol. The van der Waals surface area contributed by atoms with Gasteiger partial charge in [-0.05, 0) is 25.8 Å². The second kappa shape index (κ2) is 7.18. The Hall–Kier alpha value is -2.14. The molecule has 3 atom stereocenters. The van der Waals surface area contributed by atoms with Crippen molar-refractivity contribution < 1.29 is 14.3 Å². The molecule has 1 aromatic carbocycles. The minimum Gasteiger partial charge on any atom is -0.447 e. The number of hydrogen-bond acceptors (Lipinski definition) is 4. The van der Waals surface area contributed by atoms with Crippen LogP contribution in [0.1, 0.15) is 19.4 Å². The van der Waals surface area contributed by atoms with E-state index in [0.29, 0.717) is 13.0 Å². The van der Waals surface area contributed by atoms with E-state index in [9.17, 15) is 9.59 Å². The summed E-state index contributed by atoms with van der Waals surface area (Å²) < 4.78 is 5.18. The fraction of sp³-hybridized carbons (Fsp3) is 0.474. The van der Waals surface area contributed by atoms with Crippen molar-refractivity contribution >= 4 is 12.0 Å². The summed E-state index contributed by atoms with van der Waals surface area (Å²) >= 11 is 0. The summed E-state index contributed by atoms with van der Waals surface area (Å²) in [6, 6.07) is 9.68. The third-order valence-corrected chi connectivity index (χ3v) is 5.08. The van der Waals surface area contributed by atoms with Gasteiger partial charge in [0.2, 0.25) is 5.91 Å². The van der Waals surface area contributed by atoms with Crippen LogP contribution in [0.2, 0.25) is 0 Å². The van der Waals surface area contributed by atoms with Crippen LogP contribution >= 0.6 is 0 Å². The van der Waals surface area contributed by atoms with Crippen molar-refractivity contribution in [2.75, 3.05) is 19.7 Å². The lowest BCUT2D eigenvalue weighted by molar-refractivity contribution is -0.133. The van der Waals surface area contributed by atoms with E-state index in [1.807, 2.05) is 50.3 Å². The first kappa shape index (κ1) is 16.7. The molecule has 3 rings (SSSR count). The van der Waals surface area contributed by atoms with E-state index < -0.39 is 6.09 Å². The molecular weight excluding hydrogens is 304 g/mol. The van der Waals surface area contributed by atoms with Gasteiger partial charge in [-0.25, -0.2) is 9.69 Å². The summed E-state index contributed by atoms with van der Waals surface area (Å²) in [7, 11) is 0. The Morgan fingerprint density at radius 3 is 2.71 bits per heavy atom. The SMILES string of the molecule is C/C=C(\C)C1CNCC1C(=O)N1C(=O)OC[C@@H]1Cc1ccccc1. The Bertz CT molecular complexity index is 641.